The van der Waals surface area contributed by atoms with Crippen LogP contribution in [0.25, 0.3) is 0 Å². The first kappa shape index (κ1) is 11.8. The molecule has 0 unspecified atom stereocenters. The van der Waals surface area contributed by atoms with E-state index >= 15 is 0 Å². The Hall–Kier alpha value is -0.180. The monoisotopic (exact) mass is 180 g/mol. The van der Waals surface area contributed by atoms with Gasteiger partial charge < -0.3 is 4.74 Å². The van der Waals surface area contributed by atoms with E-state index < -0.39 is 5.92 Å². The van der Waals surface area contributed by atoms with Gasteiger partial charge in [-0.05, 0) is 12.3 Å². The van der Waals surface area contributed by atoms with Crippen LogP contribution in [0.5, 0.6) is 0 Å². The van der Waals surface area contributed by atoms with Gasteiger partial charge in [0.25, 0.3) is 0 Å². The molecule has 0 aromatic carbocycles. The predicted molar refractivity (Wildman–Crippen MR) is 45.5 cm³/mol. The van der Waals surface area contributed by atoms with Gasteiger partial charge in [-0.15, -0.1) is 0 Å². The molecule has 0 bridgehead atoms. The molecule has 0 heterocycles. The van der Waals surface area contributed by atoms with Crippen molar-refractivity contribution >= 4 is 0 Å². The Balaban J connectivity index is 3.52. The van der Waals surface area contributed by atoms with E-state index in [4.69, 9.17) is 4.74 Å². The Kier molecular flexibility index (Phi) is 5.38. The number of alkyl halides is 2. The van der Waals surface area contributed by atoms with Crippen LogP contribution in [-0.4, -0.2) is 19.6 Å². The van der Waals surface area contributed by atoms with E-state index in [9.17, 15) is 8.78 Å². The first-order valence-electron chi connectivity index (χ1n) is 4.38. The zero-order valence-corrected chi connectivity index (χ0v) is 8.07. The van der Waals surface area contributed by atoms with Crippen LogP contribution >= 0.6 is 0 Å². The minimum Gasteiger partial charge on any atom is -0.384 e. The van der Waals surface area contributed by atoms with Gasteiger partial charge in [0.05, 0.1) is 0 Å². The van der Waals surface area contributed by atoms with Gasteiger partial charge in [0.1, 0.15) is 0 Å². The molecule has 1 nitrogen and oxygen atoms in total. The van der Waals surface area contributed by atoms with Crippen molar-refractivity contribution in [2.75, 3.05) is 13.7 Å². The topological polar surface area (TPSA) is 9.23 Å². The zero-order chi connectivity index (χ0) is 9.61. The van der Waals surface area contributed by atoms with Crippen molar-refractivity contribution in [1.29, 1.82) is 0 Å². The average molecular weight is 180 g/mol. The van der Waals surface area contributed by atoms with Gasteiger partial charge in [0, 0.05) is 26.6 Å². The van der Waals surface area contributed by atoms with Gasteiger partial charge in [-0.25, -0.2) is 8.78 Å². The molecular weight excluding hydrogens is 162 g/mol. The summed E-state index contributed by atoms with van der Waals surface area (Å²) >= 11 is 0. The smallest absolute Gasteiger partial charge is 0.247 e. The molecule has 0 amide bonds. The summed E-state index contributed by atoms with van der Waals surface area (Å²) in [6, 6.07) is 0. The maximum absolute atomic E-state index is 12.7. The lowest BCUT2D eigenvalue weighted by Gasteiger charge is -2.16. The summed E-state index contributed by atoms with van der Waals surface area (Å²) in [4.78, 5) is 0. The van der Waals surface area contributed by atoms with E-state index in [1.54, 1.807) is 7.11 Å². The van der Waals surface area contributed by atoms with Crippen LogP contribution < -0.4 is 0 Å². The van der Waals surface area contributed by atoms with Crippen molar-refractivity contribution in [3.05, 3.63) is 0 Å². The van der Waals surface area contributed by atoms with Gasteiger partial charge in [-0.2, -0.15) is 0 Å². The molecule has 74 valence electrons. The standard InChI is InChI=1S/C9H18F2O/c1-4-9(10,11)6-5-8(2)7-12-3/h8H,4-7H2,1-3H3/t8-/m0/s1. The average Bonchev–Trinajstić information content (AvgIpc) is 2.02. The predicted octanol–water partition coefficient (Wildman–Crippen LogP) is 3.09. The minimum absolute atomic E-state index is 0.0198. The Morgan fingerprint density at radius 1 is 1.42 bits per heavy atom. The summed E-state index contributed by atoms with van der Waals surface area (Å²) in [5.74, 6) is -2.26. The van der Waals surface area contributed by atoms with Gasteiger partial charge in [-0.3, -0.25) is 0 Å². The fraction of sp³-hybridized carbons (Fsp3) is 1.00. The van der Waals surface area contributed by atoms with Crippen molar-refractivity contribution in [2.24, 2.45) is 5.92 Å². The summed E-state index contributed by atoms with van der Waals surface area (Å²) in [5, 5.41) is 0. The first-order valence-corrected chi connectivity index (χ1v) is 4.38. The molecule has 0 saturated heterocycles. The molecule has 0 aliphatic heterocycles. The van der Waals surface area contributed by atoms with Gasteiger partial charge in [0.2, 0.25) is 5.92 Å². The van der Waals surface area contributed by atoms with E-state index in [0.717, 1.165) is 0 Å². The highest BCUT2D eigenvalue weighted by molar-refractivity contribution is 4.65. The Morgan fingerprint density at radius 2 is 2.00 bits per heavy atom. The second kappa shape index (κ2) is 5.46. The molecule has 12 heavy (non-hydrogen) atoms. The third-order valence-corrected chi connectivity index (χ3v) is 1.97. The summed E-state index contributed by atoms with van der Waals surface area (Å²) in [6.45, 7) is 4.01. The second-order valence-electron chi connectivity index (χ2n) is 3.31. The van der Waals surface area contributed by atoms with Crippen molar-refractivity contribution in [1.82, 2.24) is 0 Å². The van der Waals surface area contributed by atoms with Crippen LogP contribution in [0.3, 0.4) is 0 Å². The maximum atomic E-state index is 12.7. The largest absolute Gasteiger partial charge is 0.384 e. The van der Waals surface area contributed by atoms with Crippen molar-refractivity contribution in [2.45, 2.75) is 39.0 Å². The SMILES string of the molecule is CCC(F)(F)CC[C@H](C)COC. The lowest BCUT2D eigenvalue weighted by Crippen LogP contribution is -2.16. The summed E-state index contributed by atoms with van der Waals surface area (Å²) < 4.78 is 30.3. The highest BCUT2D eigenvalue weighted by atomic mass is 19.3. The second-order valence-corrected chi connectivity index (χ2v) is 3.31. The van der Waals surface area contributed by atoms with Crippen LogP contribution in [0.15, 0.2) is 0 Å². The highest BCUT2D eigenvalue weighted by Crippen LogP contribution is 2.25. The number of hydrogen-bond donors (Lipinski definition) is 0. The molecule has 0 aromatic heterocycles. The lowest BCUT2D eigenvalue weighted by atomic mass is 10.0. The van der Waals surface area contributed by atoms with Gasteiger partial charge >= 0.3 is 0 Å². The van der Waals surface area contributed by atoms with Crippen molar-refractivity contribution in [3.8, 4) is 0 Å². The van der Waals surface area contributed by atoms with Crippen molar-refractivity contribution < 1.29 is 13.5 Å². The maximum Gasteiger partial charge on any atom is 0.247 e. The normalized spacial score (nSPS) is 14.8. The van der Waals surface area contributed by atoms with Gasteiger partial charge in [0.15, 0.2) is 0 Å². The van der Waals surface area contributed by atoms with E-state index in [2.05, 4.69) is 0 Å². The molecule has 3 heteroatoms. The fourth-order valence-corrected chi connectivity index (χ4v) is 1.00. The van der Waals surface area contributed by atoms with E-state index in [0.29, 0.717) is 13.0 Å². The van der Waals surface area contributed by atoms with E-state index in [1.165, 1.54) is 6.92 Å². The fourth-order valence-electron chi connectivity index (χ4n) is 1.00. The number of hydrogen-bond acceptors (Lipinski definition) is 1. The number of ether oxygens (including phenoxy) is 1. The Morgan fingerprint density at radius 3 is 2.42 bits per heavy atom. The third kappa shape index (κ3) is 5.47. The summed E-state index contributed by atoms with van der Waals surface area (Å²) in [7, 11) is 1.59. The summed E-state index contributed by atoms with van der Waals surface area (Å²) in [6.07, 6.45) is 0.454. The molecule has 0 rings (SSSR count). The molecular formula is C9H18F2O. The molecule has 0 aromatic rings. The minimum atomic E-state index is -2.48. The first-order chi connectivity index (χ1) is 5.52. The summed E-state index contributed by atoms with van der Waals surface area (Å²) in [5.41, 5.74) is 0. The number of methoxy groups -OCH3 is 1. The van der Waals surface area contributed by atoms with Crippen LogP contribution in [0, 0.1) is 5.92 Å². The molecule has 0 fully saturated rings. The quantitative estimate of drug-likeness (QED) is 0.610. The molecule has 1 atom stereocenters. The molecule has 0 aliphatic rings. The highest BCUT2D eigenvalue weighted by Gasteiger charge is 2.26. The molecule has 0 spiro atoms. The van der Waals surface area contributed by atoms with Crippen LogP contribution in [0.1, 0.15) is 33.1 Å². The lowest BCUT2D eigenvalue weighted by molar-refractivity contribution is -0.0190. The van der Waals surface area contributed by atoms with Crippen molar-refractivity contribution in [3.63, 3.8) is 0 Å². The van der Waals surface area contributed by atoms with Crippen LogP contribution in [-0.2, 0) is 4.74 Å². The number of rotatable bonds is 6. The van der Waals surface area contributed by atoms with Crippen LogP contribution in [0.2, 0.25) is 0 Å². The molecule has 0 aliphatic carbocycles. The third-order valence-electron chi connectivity index (χ3n) is 1.97. The Labute approximate surface area is 73.1 Å². The van der Waals surface area contributed by atoms with E-state index in [1.807, 2.05) is 6.92 Å². The molecule has 0 radical (unpaired) electrons. The molecule has 0 N–H and O–H groups in total. The number of halogens is 2. The molecule has 0 saturated carbocycles. The van der Waals surface area contributed by atoms with E-state index in [-0.39, 0.29) is 18.8 Å². The zero-order valence-electron chi connectivity index (χ0n) is 8.07. The Bertz CT molecular complexity index is 115. The van der Waals surface area contributed by atoms with Gasteiger partial charge in [-0.1, -0.05) is 13.8 Å². The van der Waals surface area contributed by atoms with Crippen LogP contribution in [0.4, 0.5) is 8.78 Å².